The van der Waals surface area contributed by atoms with Crippen LogP contribution >= 0.6 is 0 Å². The third-order valence-electron chi connectivity index (χ3n) is 6.89. The quantitative estimate of drug-likeness (QED) is 0.569. The van der Waals surface area contributed by atoms with Crippen LogP contribution in [-0.4, -0.2) is 35.2 Å². The van der Waals surface area contributed by atoms with Crippen LogP contribution < -0.4 is 10.2 Å². The molecule has 6 rings (SSSR count). The number of benzene rings is 2. The Morgan fingerprint density at radius 2 is 1.96 bits per heavy atom. The summed E-state index contributed by atoms with van der Waals surface area (Å²) in [7, 11) is 2.19. The van der Waals surface area contributed by atoms with E-state index in [1.807, 2.05) is 12.4 Å². The Hall–Kier alpha value is -2.59. The van der Waals surface area contributed by atoms with Crippen molar-refractivity contribution in [1.29, 1.82) is 0 Å². The average Bonchev–Trinajstić information content (AvgIpc) is 3.55. The van der Waals surface area contributed by atoms with E-state index in [1.54, 1.807) is 0 Å². The number of pyridine rings is 1. The van der Waals surface area contributed by atoms with Crippen LogP contribution in [0, 0.1) is 12.8 Å². The van der Waals surface area contributed by atoms with Crippen LogP contribution in [0.3, 0.4) is 0 Å². The molecular weight excluding hydrogens is 344 g/mol. The number of nitrogens with zero attached hydrogens (tertiary/aromatic N) is 3. The third-order valence-corrected chi connectivity index (χ3v) is 6.89. The predicted molar refractivity (Wildman–Crippen MR) is 117 cm³/mol. The van der Waals surface area contributed by atoms with E-state index >= 15 is 0 Å². The van der Waals surface area contributed by atoms with Gasteiger partial charge in [-0.25, -0.2) is 0 Å². The Labute approximate surface area is 165 Å². The molecule has 4 heteroatoms. The summed E-state index contributed by atoms with van der Waals surface area (Å²) in [5, 5.41) is 8.94. The zero-order valence-corrected chi connectivity index (χ0v) is 16.6. The van der Waals surface area contributed by atoms with Gasteiger partial charge in [-0.3, -0.25) is 4.98 Å². The molecule has 0 spiro atoms. The highest BCUT2D eigenvalue weighted by atomic mass is 15.2. The maximum absolute atomic E-state index is 4.35. The Morgan fingerprint density at radius 3 is 2.82 bits per heavy atom. The van der Waals surface area contributed by atoms with Gasteiger partial charge in [0.15, 0.2) is 0 Å². The van der Waals surface area contributed by atoms with E-state index in [0.717, 1.165) is 25.6 Å². The summed E-state index contributed by atoms with van der Waals surface area (Å²) in [6.07, 6.45) is 6.67. The minimum absolute atomic E-state index is 0.661. The highest BCUT2D eigenvalue weighted by Gasteiger charge is 2.34. The van der Waals surface area contributed by atoms with Crippen molar-refractivity contribution in [2.75, 3.05) is 24.5 Å². The van der Waals surface area contributed by atoms with Crippen molar-refractivity contribution in [3.8, 4) is 0 Å². The smallest absolute Gasteiger partial charge is 0.0524 e. The molecule has 4 nitrogen and oxygen atoms in total. The van der Waals surface area contributed by atoms with E-state index in [0.29, 0.717) is 6.04 Å². The van der Waals surface area contributed by atoms with E-state index in [1.165, 1.54) is 56.7 Å². The van der Waals surface area contributed by atoms with Crippen LogP contribution in [0.2, 0.25) is 0 Å². The Balaban J connectivity index is 1.53. The molecule has 2 fully saturated rings. The van der Waals surface area contributed by atoms with Crippen LogP contribution in [-0.2, 0) is 7.05 Å². The van der Waals surface area contributed by atoms with Gasteiger partial charge in [0.1, 0.15) is 0 Å². The number of aromatic nitrogens is 2. The molecule has 3 heterocycles. The molecule has 1 saturated heterocycles. The number of fused-ring (bicyclic) bond motifs is 4. The first-order valence-electron chi connectivity index (χ1n) is 10.4. The number of aryl methyl sites for hydroxylation is 2. The lowest BCUT2D eigenvalue weighted by Crippen LogP contribution is -2.51. The maximum atomic E-state index is 4.35. The molecule has 0 bridgehead atoms. The zero-order valence-electron chi connectivity index (χ0n) is 16.6. The molecule has 2 aromatic heterocycles. The molecule has 28 heavy (non-hydrogen) atoms. The summed E-state index contributed by atoms with van der Waals surface area (Å²) in [5.74, 6) is 0.894. The number of nitrogens with one attached hydrogen (secondary N) is 1. The van der Waals surface area contributed by atoms with Gasteiger partial charge in [0.2, 0.25) is 0 Å². The maximum Gasteiger partial charge on any atom is 0.0524 e. The first kappa shape index (κ1) is 16.4. The van der Waals surface area contributed by atoms with Crippen LogP contribution in [0.25, 0.3) is 32.6 Å². The monoisotopic (exact) mass is 370 g/mol. The highest BCUT2D eigenvalue weighted by Crippen LogP contribution is 2.38. The topological polar surface area (TPSA) is 33.1 Å². The second-order valence-corrected chi connectivity index (χ2v) is 8.60. The molecule has 1 saturated carbocycles. The highest BCUT2D eigenvalue weighted by molar-refractivity contribution is 6.15. The van der Waals surface area contributed by atoms with Crippen molar-refractivity contribution < 1.29 is 0 Å². The fraction of sp³-hybridized carbons (Fsp3) is 0.375. The van der Waals surface area contributed by atoms with Crippen molar-refractivity contribution in [2.24, 2.45) is 13.0 Å². The van der Waals surface area contributed by atoms with Crippen LogP contribution in [0.4, 0.5) is 5.69 Å². The Bertz CT molecular complexity index is 1220. The Morgan fingerprint density at radius 1 is 1.07 bits per heavy atom. The van der Waals surface area contributed by atoms with E-state index in [2.05, 4.69) is 64.1 Å². The molecule has 0 radical (unpaired) electrons. The number of hydrogen-bond donors (Lipinski definition) is 1. The van der Waals surface area contributed by atoms with Crippen molar-refractivity contribution in [3.63, 3.8) is 0 Å². The molecule has 2 aromatic carbocycles. The molecule has 2 aliphatic rings. The van der Waals surface area contributed by atoms with Crippen LogP contribution in [0.15, 0.2) is 42.7 Å². The van der Waals surface area contributed by atoms with Gasteiger partial charge in [-0.2, -0.15) is 0 Å². The third kappa shape index (κ3) is 2.37. The van der Waals surface area contributed by atoms with Gasteiger partial charge >= 0.3 is 0 Å². The summed E-state index contributed by atoms with van der Waals surface area (Å²) in [5.41, 5.74) is 5.34. The molecule has 1 aliphatic heterocycles. The number of piperazine rings is 1. The second kappa shape index (κ2) is 5.95. The summed E-state index contributed by atoms with van der Waals surface area (Å²) < 4.78 is 2.36. The fourth-order valence-electron chi connectivity index (χ4n) is 5.23. The zero-order chi connectivity index (χ0) is 18.8. The Kier molecular flexibility index (Phi) is 3.48. The standard InChI is InChI=1S/C24H26N4/c1-15-19-7-8-25-13-17(19)11-21-20-12-18(5-6-23(20)27(2)24(15)21)28-10-9-26-22(14-28)16-3-4-16/h5-8,11-13,16,22,26H,3-4,9-10,14H2,1-2H3. The minimum atomic E-state index is 0.661. The molecule has 4 aromatic rings. The second-order valence-electron chi connectivity index (χ2n) is 8.60. The fourth-order valence-corrected chi connectivity index (χ4v) is 5.23. The van der Waals surface area contributed by atoms with Crippen LogP contribution in [0.1, 0.15) is 18.4 Å². The van der Waals surface area contributed by atoms with Gasteiger partial charge in [-0.1, -0.05) is 0 Å². The van der Waals surface area contributed by atoms with Gasteiger partial charge < -0.3 is 14.8 Å². The van der Waals surface area contributed by atoms with Gasteiger partial charge in [0, 0.05) is 72.5 Å². The molecule has 1 aliphatic carbocycles. The first-order valence-corrected chi connectivity index (χ1v) is 10.4. The summed E-state index contributed by atoms with van der Waals surface area (Å²) in [6, 6.07) is 12.1. The minimum Gasteiger partial charge on any atom is -0.369 e. The SMILES string of the molecule is Cc1c2ccncc2cc2c3cc(N4CCNC(C5CC5)C4)ccc3n(C)c12. The molecule has 0 amide bonds. The summed E-state index contributed by atoms with van der Waals surface area (Å²) in [6.45, 7) is 5.54. The average molecular weight is 371 g/mol. The number of anilines is 1. The van der Waals surface area contributed by atoms with E-state index in [4.69, 9.17) is 0 Å². The lowest BCUT2D eigenvalue weighted by Gasteiger charge is -2.35. The van der Waals surface area contributed by atoms with Crippen molar-refractivity contribution in [1.82, 2.24) is 14.9 Å². The first-order chi connectivity index (χ1) is 13.7. The number of hydrogen-bond acceptors (Lipinski definition) is 3. The summed E-state index contributed by atoms with van der Waals surface area (Å²) >= 11 is 0. The lowest BCUT2D eigenvalue weighted by molar-refractivity contribution is 0.419. The molecule has 1 unspecified atom stereocenters. The molecule has 1 N–H and O–H groups in total. The van der Waals surface area contributed by atoms with E-state index in [-0.39, 0.29) is 0 Å². The van der Waals surface area contributed by atoms with Crippen LogP contribution in [0.5, 0.6) is 0 Å². The lowest BCUT2D eigenvalue weighted by atomic mass is 10.0. The van der Waals surface area contributed by atoms with Crippen molar-refractivity contribution >= 4 is 38.3 Å². The number of rotatable bonds is 2. The van der Waals surface area contributed by atoms with Gasteiger partial charge in [0.05, 0.1) is 5.52 Å². The van der Waals surface area contributed by atoms with Crippen molar-refractivity contribution in [2.45, 2.75) is 25.8 Å². The van der Waals surface area contributed by atoms with Crippen molar-refractivity contribution in [3.05, 3.63) is 48.3 Å². The van der Waals surface area contributed by atoms with Gasteiger partial charge in [-0.05, 0) is 67.0 Å². The van der Waals surface area contributed by atoms with Gasteiger partial charge in [0.25, 0.3) is 0 Å². The van der Waals surface area contributed by atoms with E-state index in [9.17, 15) is 0 Å². The molecule has 1 atom stereocenters. The molecule has 142 valence electrons. The summed E-state index contributed by atoms with van der Waals surface area (Å²) in [4.78, 5) is 6.92. The predicted octanol–water partition coefficient (Wildman–Crippen LogP) is 4.38. The molecular formula is C24H26N4. The largest absolute Gasteiger partial charge is 0.369 e. The normalized spacial score (nSPS) is 20.5. The van der Waals surface area contributed by atoms with Gasteiger partial charge in [-0.15, -0.1) is 0 Å². The van der Waals surface area contributed by atoms with E-state index < -0.39 is 0 Å².